The van der Waals surface area contributed by atoms with E-state index in [0.717, 1.165) is 31.4 Å². The first kappa shape index (κ1) is 16.9. The molecule has 130 valence electrons. The van der Waals surface area contributed by atoms with Crippen molar-refractivity contribution < 1.29 is 9.59 Å². The highest BCUT2D eigenvalue weighted by atomic mass is 16.2. The Bertz CT molecular complexity index is 578. The highest BCUT2D eigenvalue weighted by Gasteiger charge is 2.41. The number of primary amides is 1. The van der Waals surface area contributed by atoms with Gasteiger partial charge in [-0.2, -0.15) is 0 Å². The smallest absolute Gasteiger partial charge is 0.227 e. The highest BCUT2D eigenvalue weighted by molar-refractivity contribution is 5.81. The number of hydrogen-bond acceptors (Lipinski definition) is 4. The first-order valence-electron chi connectivity index (χ1n) is 8.74. The summed E-state index contributed by atoms with van der Waals surface area (Å²) in [5, 5.41) is 0. The van der Waals surface area contributed by atoms with Crippen molar-refractivity contribution in [3.8, 4) is 0 Å². The number of rotatable bonds is 6. The maximum atomic E-state index is 13.2. The molecule has 3 rings (SSSR count). The van der Waals surface area contributed by atoms with Crippen LogP contribution in [0.3, 0.4) is 0 Å². The molecule has 0 radical (unpaired) electrons. The van der Waals surface area contributed by atoms with E-state index in [4.69, 9.17) is 5.73 Å². The number of carbonyl (C=O) groups is 2. The van der Waals surface area contributed by atoms with Gasteiger partial charge in [0.15, 0.2) is 0 Å². The Labute approximate surface area is 142 Å². The highest BCUT2D eigenvalue weighted by Crippen LogP contribution is 2.32. The van der Waals surface area contributed by atoms with Crippen LogP contribution in [0.15, 0.2) is 30.3 Å². The van der Waals surface area contributed by atoms with Crippen LogP contribution >= 0.6 is 0 Å². The van der Waals surface area contributed by atoms with E-state index >= 15 is 0 Å². The Morgan fingerprint density at radius 2 is 2.00 bits per heavy atom. The molecule has 4 N–H and O–H groups in total. The third-order valence-electron chi connectivity index (χ3n) is 5.14. The lowest BCUT2D eigenvalue weighted by Crippen LogP contribution is -2.49. The van der Waals surface area contributed by atoms with Crippen molar-refractivity contribution in [1.29, 1.82) is 0 Å². The van der Waals surface area contributed by atoms with E-state index in [2.05, 4.69) is 10.9 Å². The maximum absolute atomic E-state index is 13.2. The zero-order valence-corrected chi connectivity index (χ0v) is 13.9. The van der Waals surface area contributed by atoms with Gasteiger partial charge in [-0.15, -0.1) is 0 Å². The lowest BCUT2D eigenvalue weighted by Gasteiger charge is -2.35. The molecule has 2 fully saturated rings. The van der Waals surface area contributed by atoms with E-state index in [0.29, 0.717) is 19.0 Å². The zero-order chi connectivity index (χ0) is 16.9. The van der Waals surface area contributed by atoms with Gasteiger partial charge in [0.25, 0.3) is 0 Å². The summed E-state index contributed by atoms with van der Waals surface area (Å²) in [6, 6.07) is 10.1. The number of carbonyl (C=O) groups excluding carboxylic acids is 2. The minimum Gasteiger partial charge on any atom is -0.370 e. The second-order valence-electron chi connectivity index (χ2n) is 6.81. The van der Waals surface area contributed by atoms with Crippen molar-refractivity contribution in [2.75, 3.05) is 13.1 Å². The van der Waals surface area contributed by atoms with Crippen LogP contribution in [0.4, 0.5) is 0 Å². The number of fused-ring (bicyclic) bond motifs is 1. The fourth-order valence-electron chi connectivity index (χ4n) is 3.87. The van der Waals surface area contributed by atoms with Gasteiger partial charge in [-0.05, 0) is 24.3 Å². The maximum Gasteiger partial charge on any atom is 0.227 e. The Morgan fingerprint density at radius 1 is 1.21 bits per heavy atom. The first-order valence-corrected chi connectivity index (χ1v) is 8.74. The largest absolute Gasteiger partial charge is 0.370 e. The number of hydrogen-bond donors (Lipinski definition) is 3. The lowest BCUT2D eigenvalue weighted by molar-refractivity contribution is -0.138. The van der Waals surface area contributed by atoms with Crippen LogP contribution in [0.1, 0.15) is 31.2 Å². The molecule has 1 aromatic carbocycles. The van der Waals surface area contributed by atoms with Crippen molar-refractivity contribution in [3.05, 3.63) is 35.9 Å². The summed E-state index contributed by atoms with van der Waals surface area (Å²) in [5.41, 5.74) is 12.8. The molecule has 0 bridgehead atoms. The molecule has 2 amide bonds. The molecule has 2 aliphatic rings. The summed E-state index contributed by atoms with van der Waals surface area (Å²) in [7, 11) is 0. The summed E-state index contributed by atoms with van der Waals surface area (Å²) < 4.78 is 0. The number of nitrogens with one attached hydrogen (secondary N) is 2. The molecular weight excluding hydrogens is 304 g/mol. The van der Waals surface area contributed by atoms with Gasteiger partial charge in [-0.1, -0.05) is 36.8 Å². The van der Waals surface area contributed by atoms with Gasteiger partial charge in [-0.25, -0.2) is 0 Å². The SMILES string of the molecule is NC(=O)CCN(Cc1ccccc1)C(=O)C1CCCC2CNNC21. The van der Waals surface area contributed by atoms with Crippen molar-refractivity contribution in [1.82, 2.24) is 15.8 Å². The zero-order valence-electron chi connectivity index (χ0n) is 13.9. The van der Waals surface area contributed by atoms with Crippen molar-refractivity contribution in [3.63, 3.8) is 0 Å². The normalized spacial score (nSPS) is 25.9. The molecular formula is C18H26N4O2. The van der Waals surface area contributed by atoms with E-state index in [1.165, 1.54) is 0 Å². The summed E-state index contributed by atoms with van der Waals surface area (Å²) in [6.07, 6.45) is 3.34. The molecule has 6 nitrogen and oxygen atoms in total. The minimum absolute atomic E-state index is 0.0321. The molecule has 1 aromatic rings. The van der Waals surface area contributed by atoms with Gasteiger partial charge >= 0.3 is 0 Å². The molecule has 1 saturated heterocycles. The molecule has 0 aromatic heterocycles. The van der Waals surface area contributed by atoms with Crippen LogP contribution < -0.4 is 16.6 Å². The van der Waals surface area contributed by atoms with Gasteiger partial charge in [0.1, 0.15) is 0 Å². The van der Waals surface area contributed by atoms with Crippen LogP contribution in [0.25, 0.3) is 0 Å². The lowest BCUT2D eigenvalue weighted by atomic mass is 9.77. The van der Waals surface area contributed by atoms with Crippen LogP contribution in [0.2, 0.25) is 0 Å². The number of nitrogens with two attached hydrogens (primary N) is 1. The quantitative estimate of drug-likeness (QED) is 0.719. The van der Waals surface area contributed by atoms with Crippen LogP contribution in [-0.4, -0.2) is 35.8 Å². The monoisotopic (exact) mass is 330 g/mol. The van der Waals surface area contributed by atoms with Gasteiger partial charge in [0, 0.05) is 32.1 Å². The van der Waals surface area contributed by atoms with E-state index in [1.807, 2.05) is 30.3 Å². The van der Waals surface area contributed by atoms with E-state index in [9.17, 15) is 9.59 Å². The molecule has 0 spiro atoms. The van der Waals surface area contributed by atoms with Crippen molar-refractivity contribution in [2.24, 2.45) is 17.6 Å². The predicted octanol–water partition coefficient (Wildman–Crippen LogP) is 0.783. The average Bonchev–Trinajstić information content (AvgIpc) is 3.07. The van der Waals surface area contributed by atoms with E-state index in [1.54, 1.807) is 4.90 Å². The first-order chi connectivity index (χ1) is 11.6. The van der Waals surface area contributed by atoms with E-state index < -0.39 is 0 Å². The molecule has 24 heavy (non-hydrogen) atoms. The minimum atomic E-state index is -0.372. The topological polar surface area (TPSA) is 87.5 Å². The Balaban J connectivity index is 1.73. The second kappa shape index (κ2) is 7.77. The van der Waals surface area contributed by atoms with Crippen molar-refractivity contribution >= 4 is 11.8 Å². The predicted molar refractivity (Wildman–Crippen MR) is 91.4 cm³/mol. The number of hydrazine groups is 1. The summed E-state index contributed by atoms with van der Waals surface area (Å²) in [5.74, 6) is 0.242. The fraction of sp³-hybridized carbons (Fsp3) is 0.556. The van der Waals surface area contributed by atoms with Gasteiger partial charge in [0.2, 0.25) is 11.8 Å². The Morgan fingerprint density at radius 3 is 2.75 bits per heavy atom. The molecule has 1 saturated carbocycles. The number of amides is 2. The van der Waals surface area contributed by atoms with Crippen molar-refractivity contribution in [2.45, 2.75) is 38.3 Å². The number of nitrogens with zero attached hydrogens (tertiary/aromatic N) is 1. The Hall–Kier alpha value is -1.92. The van der Waals surface area contributed by atoms with Crippen LogP contribution in [0.5, 0.6) is 0 Å². The summed E-state index contributed by atoms with van der Waals surface area (Å²) in [6.45, 7) is 1.83. The molecule has 1 aliphatic carbocycles. The van der Waals surface area contributed by atoms with Gasteiger partial charge < -0.3 is 10.6 Å². The van der Waals surface area contributed by atoms with E-state index in [-0.39, 0.29) is 30.2 Å². The summed E-state index contributed by atoms with van der Waals surface area (Å²) >= 11 is 0. The fourth-order valence-corrected chi connectivity index (χ4v) is 3.87. The third kappa shape index (κ3) is 3.94. The Kier molecular flexibility index (Phi) is 5.48. The molecule has 6 heteroatoms. The average molecular weight is 330 g/mol. The van der Waals surface area contributed by atoms with Gasteiger partial charge in [-0.3, -0.25) is 20.4 Å². The second-order valence-corrected chi connectivity index (χ2v) is 6.81. The van der Waals surface area contributed by atoms with Crippen LogP contribution in [0, 0.1) is 11.8 Å². The van der Waals surface area contributed by atoms with Gasteiger partial charge in [0.05, 0.1) is 5.92 Å². The standard InChI is InChI=1S/C18H26N4O2/c19-16(23)9-10-22(12-13-5-2-1-3-6-13)18(24)15-8-4-7-14-11-20-21-17(14)15/h1-3,5-6,14-15,17,20-21H,4,7-12H2,(H2,19,23). The number of benzene rings is 1. The third-order valence-corrected chi connectivity index (χ3v) is 5.14. The summed E-state index contributed by atoms with van der Waals surface area (Å²) in [4.78, 5) is 26.2. The molecule has 1 aliphatic heterocycles. The molecule has 1 heterocycles. The molecule has 3 atom stereocenters. The molecule has 3 unspecified atom stereocenters. The van der Waals surface area contributed by atoms with Crippen LogP contribution in [-0.2, 0) is 16.1 Å².